The van der Waals surface area contributed by atoms with Crippen LogP contribution in [0.15, 0.2) is 71.9 Å². The molecule has 3 fully saturated rings. The van der Waals surface area contributed by atoms with Crippen LogP contribution in [0, 0.1) is 28.6 Å². The van der Waals surface area contributed by atoms with Gasteiger partial charge in [0.1, 0.15) is 5.67 Å². The molecule has 0 radical (unpaired) electrons. The third kappa shape index (κ3) is 7.13. The molecule has 3 saturated carbocycles. The highest BCUT2D eigenvalue weighted by atomic mass is 32.2. The highest BCUT2D eigenvalue weighted by Crippen LogP contribution is 2.68. The smallest absolute Gasteiger partial charge is 0.130 e. The van der Waals surface area contributed by atoms with Gasteiger partial charge in [-0.3, -0.25) is 0 Å². The zero-order chi connectivity index (χ0) is 31.9. The summed E-state index contributed by atoms with van der Waals surface area (Å²) in [6.45, 7) is 24.9. The van der Waals surface area contributed by atoms with E-state index < -0.39 is 11.3 Å². The van der Waals surface area contributed by atoms with Crippen LogP contribution in [0.2, 0.25) is 0 Å². The Morgan fingerprint density at radius 2 is 1.69 bits per heavy atom. The van der Waals surface area contributed by atoms with Crippen LogP contribution >= 0.6 is 11.8 Å². The van der Waals surface area contributed by atoms with Gasteiger partial charge in [0, 0.05) is 28.9 Å². The van der Waals surface area contributed by atoms with Crippen LogP contribution < -0.4 is 0 Å². The van der Waals surface area contributed by atoms with E-state index in [1.54, 1.807) is 19.4 Å². The molecule has 0 aromatic rings. The van der Waals surface area contributed by atoms with E-state index in [-0.39, 0.29) is 10.8 Å². The summed E-state index contributed by atoms with van der Waals surface area (Å²) in [4.78, 5) is 0. The molecule has 0 saturated heterocycles. The van der Waals surface area contributed by atoms with Crippen molar-refractivity contribution in [3.05, 3.63) is 71.9 Å². The number of thioether (sulfide) groups is 1. The van der Waals surface area contributed by atoms with Gasteiger partial charge < -0.3 is 10.2 Å². The fraction of sp³-hybridized carbons (Fsp3) is 0.684. The average molecular weight is 601 g/mol. The first-order chi connectivity index (χ1) is 19.8. The fourth-order valence-electron chi connectivity index (χ4n) is 8.36. The van der Waals surface area contributed by atoms with E-state index >= 15 is 0 Å². The summed E-state index contributed by atoms with van der Waals surface area (Å²) in [7, 11) is 1.00. The number of aliphatic hydroxyl groups is 2. The molecular formula is C38H61FO2S. The molecule has 5 aliphatic carbocycles. The minimum atomic E-state index is -1.29. The normalized spacial score (nSPS) is 36.2. The monoisotopic (exact) mass is 600 g/mol. The lowest BCUT2D eigenvalue weighted by Crippen LogP contribution is -2.55. The Labute approximate surface area is 262 Å². The Bertz CT molecular complexity index is 1060. The van der Waals surface area contributed by atoms with E-state index in [0.29, 0.717) is 23.0 Å². The van der Waals surface area contributed by atoms with E-state index in [1.807, 2.05) is 37.8 Å². The van der Waals surface area contributed by atoms with Gasteiger partial charge in [0.25, 0.3) is 0 Å². The van der Waals surface area contributed by atoms with Crippen LogP contribution in [0.3, 0.4) is 0 Å². The van der Waals surface area contributed by atoms with Gasteiger partial charge in [0.05, 0.1) is 5.60 Å². The molecule has 0 aliphatic heterocycles. The average Bonchev–Trinajstić information content (AvgIpc) is 3.26. The Kier molecular flexibility index (Phi) is 13.2. The molecule has 4 heteroatoms. The summed E-state index contributed by atoms with van der Waals surface area (Å²) in [5.41, 5.74) is 2.44. The second kappa shape index (κ2) is 15.1. The van der Waals surface area contributed by atoms with Crippen molar-refractivity contribution in [2.45, 2.75) is 123 Å². The lowest BCUT2D eigenvalue weighted by molar-refractivity contribution is -0.101. The van der Waals surface area contributed by atoms with Crippen LogP contribution in [0.25, 0.3) is 0 Å². The first-order valence-electron chi connectivity index (χ1n) is 16.4. The molecule has 0 amide bonds. The van der Waals surface area contributed by atoms with Crippen LogP contribution in [-0.2, 0) is 0 Å². The van der Waals surface area contributed by atoms with E-state index in [4.69, 9.17) is 5.11 Å². The highest BCUT2D eigenvalue weighted by molar-refractivity contribution is 8.00. The van der Waals surface area contributed by atoms with Gasteiger partial charge in [0.15, 0.2) is 0 Å². The summed E-state index contributed by atoms with van der Waals surface area (Å²) in [6.07, 6.45) is 21.7. The molecular weight excluding hydrogens is 539 g/mol. The summed E-state index contributed by atoms with van der Waals surface area (Å²) < 4.78 is 14.2. The summed E-state index contributed by atoms with van der Waals surface area (Å²) in [6, 6.07) is 0. The van der Waals surface area contributed by atoms with Crippen LogP contribution in [0.4, 0.5) is 4.39 Å². The predicted octanol–water partition coefficient (Wildman–Crippen LogP) is 10.4. The quantitative estimate of drug-likeness (QED) is 0.308. The van der Waals surface area contributed by atoms with Crippen molar-refractivity contribution in [2.75, 3.05) is 12.9 Å². The number of fused-ring (bicyclic) bond motifs is 5. The van der Waals surface area contributed by atoms with E-state index in [2.05, 4.69) is 65.2 Å². The molecule has 5 rings (SSSR count). The number of alkyl halides is 1. The maximum absolute atomic E-state index is 14.2. The number of hydrogen-bond acceptors (Lipinski definition) is 3. The minimum Gasteiger partial charge on any atom is -0.400 e. The standard InChI is InChI=1S/C32H43FOS.C3H8.C2H6.CH4O/c1-21-13-16-30(5)24(19-21)9-12-26-27(30)14-17-31(6)28(26)15-18-32(31,34)22(2)20-35-25-10-7-23(8-11-25)29(3,4)33;1-3-2;2*1-2/h7-8,10,13,16,19,25-28,34H,1-2,9,11-12,14-15,17-18,20H2,3-6H3;3H2,1-2H3;1-2H3;2H,1H3/t25?,26?,27?,28?,30?,31?,32-;;;/m0.../s1. The van der Waals surface area contributed by atoms with Gasteiger partial charge in [0.2, 0.25) is 0 Å². The maximum Gasteiger partial charge on any atom is 0.130 e. The van der Waals surface area contributed by atoms with Crippen molar-refractivity contribution in [3.8, 4) is 0 Å². The van der Waals surface area contributed by atoms with E-state index in [1.165, 1.54) is 19.3 Å². The van der Waals surface area contributed by atoms with E-state index in [9.17, 15) is 9.50 Å². The van der Waals surface area contributed by atoms with Crippen molar-refractivity contribution in [1.82, 2.24) is 0 Å². The minimum absolute atomic E-state index is 0.0981. The summed E-state index contributed by atoms with van der Waals surface area (Å²) in [5.74, 6) is 2.63. The highest BCUT2D eigenvalue weighted by Gasteiger charge is 2.64. The van der Waals surface area contributed by atoms with Crippen molar-refractivity contribution in [2.24, 2.45) is 28.6 Å². The van der Waals surface area contributed by atoms with Crippen LogP contribution in [0.5, 0.6) is 0 Å². The number of rotatable bonds is 5. The Morgan fingerprint density at radius 1 is 1.07 bits per heavy atom. The Hall–Kier alpha value is -1.36. The second-order valence-corrected chi connectivity index (χ2v) is 14.7. The zero-order valence-corrected chi connectivity index (χ0v) is 29.0. The number of aliphatic hydroxyl groups excluding tert-OH is 1. The largest absolute Gasteiger partial charge is 0.400 e. The topological polar surface area (TPSA) is 40.5 Å². The van der Waals surface area contributed by atoms with Crippen molar-refractivity contribution < 1.29 is 14.6 Å². The molecule has 2 N–H and O–H groups in total. The molecule has 6 unspecified atom stereocenters. The third-order valence-electron chi connectivity index (χ3n) is 10.6. The molecule has 7 atom stereocenters. The molecule has 5 aliphatic rings. The van der Waals surface area contributed by atoms with Gasteiger partial charge >= 0.3 is 0 Å². The molecule has 0 aromatic heterocycles. The number of halogens is 1. The van der Waals surface area contributed by atoms with E-state index in [0.717, 1.165) is 61.7 Å². The molecule has 42 heavy (non-hydrogen) atoms. The van der Waals surface area contributed by atoms with Gasteiger partial charge in [-0.15, -0.1) is 11.8 Å². The van der Waals surface area contributed by atoms with Gasteiger partial charge in [-0.1, -0.05) is 103 Å². The SMILES string of the molecule is C=C1C=CC2(C)C(=C1)CCC1C2CCC2(C)C1CC[C@]2(O)C(=C)CSC1C=CC(C(C)(C)F)=CC1.CC.CCC.CO. The third-order valence-corrected chi connectivity index (χ3v) is 11.9. The fourth-order valence-corrected chi connectivity index (χ4v) is 9.44. The lowest BCUT2D eigenvalue weighted by Gasteiger charge is -2.58. The van der Waals surface area contributed by atoms with Crippen molar-refractivity contribution >= 4 is 11.8 Å². The first-order valence-corrected chi connectivity index (χ1v) is 17.5. The molecule has 0 spiro atoms. The van der Waals surface area contributed by atoms with Crippen molar-refractivity contribution in [3.63, 3.8) is 0 Å². The van der Waals surface area contributed by atoms with Gasteiger partial charge in [-0.2, -0.15) is 0 Å². The van der Waals surface area contributed by atoms with Crippen LogP contribution in [-0.4, -0.2) is 39.6 Å². The molecule has 0 bridgehead atoms. The summed E-state index contributed by atoms with van der Waals surface area (Å²) >= 11 is 1.84. The number of allylic oxidation sites excluding steroid dienone is 8. The maximum atomic E-state index is 14.2. The summed E-state index contributed by atoms with van der Waals surface area (Å²) in [5, 5.41) is 19.5. The van der Waals surface area contributed by atoms with Crippen LogP contribution in [0.1, 0.15) is 107 Å². The Morgan fingerprint density at radius 3 is 2.26 bits per heavy atom. The Balaban J connectivity index is 0.000000813. The number of hydrogen-bond donors (Lipinski definition) is 2. The molecule has 0 heterocycles. The lowest BCUT2D eigenvalue weighted by atomic mass is 9.47. The van der Waals surface area contributed by atoms with Crippen molar-refractivity contribution in [1.29, 1.82) is 0 Å². The van der Waals surface area contributed by atoms with Gasteiger partial charge in [-0.25, -0.2) is 4.39 Å². The zero-order valence-electron chi connectivity index (χ0n) is 28.2. The first kappa shape index (κ1) is 36.8. The second-order valence-electron chi connectivity index (χ2n) is 13.5. The molecule has 2 nitrogen and oxygen atoms in total. The molecule has 238 valence electrons. The predicted molar refractivity (Wildman–Crippen MR) is 184 cm³/mol. The van der Waals surface area contributed by atoms with Gasteiger partial charge in [-0.05, 0) is 93.3 Å². The molecule has 0 aromatic carbocycles.